The summed E-state index contributed by atoms with van der Waals surface area (Å²) >= 11 is 0. The average molecular weight is 294 g/mol. The highest BCUT2D eigenvalue weighted by atomic mass is 16.6. The Hall–Kier alpha value is -2.95. The van der Waals surface area contributed by atoms with Crippen LogP contribution in [0.15, 0.2) is 48.5 Å². The molecule has 0 unspecified atom stereocenters. The maximum Gasteiger partial charge on any atom is 0.274 e. The van der Waals surface area contributed by atoms with E-state index in [1.165, 1.54) is 6.07 Å². The van der Waals surface area contributed by atoms with Crippen LogP contribution in [0.4, 0.5) is 5.69 Å². The van der Waals surface area contributed by atoms with Gasteiger partial charge in [-0.1, -0.05) is 36.4 Å². The standard InChI is InChI=1S/C17H14N2O3/c1-12-15(11-20)14-7-3-5-9-17(14)18(12)10-13-6-2-4-8-16(13)19(21)22/h2-9,11H,10H2,1H3. The third-order valence-electron chi connectivity index (χ3n) is 3.91. The van der Waals surface area contributed by atoms with Crippen molar-refractivity contribution in [1.82, 2.24) is 4.57 Å². The first-order valence-electron chi connectivity index (χ1n) is 6.88. The smallest absolute Gasteiger partial charge is 0.274 e. The molecule has 0 saturated heterocycles. The molecule has 5 heteroatoms. The summed E-state index contributed by atoms with van der Waals surface area (Å²) in [5.41, 5.74) is 3.06. The number of hydrogen-bond donors (Lipinski definition) is 0. The molecule has 0 aliphatic heterocycles. The quantitative estimate of drug-likeness (QED) is 0.418. The summed E-state index contributed by atoms with van der Waals surface area (Å²) in [5, 5.41) is 12.0. The summed E-state index contributed by atoms with van der Waals surface area (Å²) in [7, 11) is 0. The van der Waals surface area contributed by atoms with E-state index in [2.05, 4.69) is 0 Å². The van der Waals surface area contributed by atoms with E-state index in [1.807, 2.05) is 35.8 Å². The molecule has 0 fully saturated rings. The molecule has 5 nitrogen and oxygen atoms in total. The number of carbonyl (C=O) groups is 1. The Morgan fingerprint density at radius 2 is 1.82 bits per heavy atom. The summed E-state index contributed by atoms with van der Waals surface area (Å²) in [6, 6.07) is 14.3. The number of nitrogens with zero attached hydrogens (tertiary/aromatic N) is 2. The van der Waals surface area contributed by atoms with Gasteiger partial charge in [-0.25, -0.2) is 0 Å². The summed E-state index contributed by atoms with van der Waals surface area (Å²) in [4.78, 5) is 22.1. The number of aromatic nitrogens is 1. The molecule has 0 aliphatic carbocycles. The maximum atomic E-state index is 11.4. The first-order chi connectivity index (χ1) is 10.6. The van der Waals surface area contributed by atoms with Crippen LogP contribution in [0.2, 0.25) is 0 Å². The third-order valence-corrected chi connectivity index (χ3v) is 3.91. The Balaban J connectivity index is 2.18. The predicted octanol–water partition coefficient (Wildman–Crippen LogP) is 3.72. The van der Waals surface area contributed by atoms with Crippen LogP contribution in [0.25, 0.3) is 10.9 Å². The molecule has 3 rings (SSSR count). The van der Waals surface area contributed by atoms with E-state index in [-0.39, 0.29) is 10.6 Å². The van der Waals surface area contributed by atoms with Crippen LogP contribution in [0.1, 0.15) is 21.6 Å². The molecule has 0 saturated carbocycles. The number of carbonyl (C=O) groups excluding carboxylic acids is 1. The van der Waals surface area contributed by atoms with Crippen LogP contribution in [0, 0.1) is 17.0 Å². The molecule has 22 heavy (non-hydrogen) atoms. The maximum absolute atomic E-state index is 11.4. The topological polar surface area (TPSA) is 65.1 Å². The Bertz CT molecular complexity index is 881. The average Bonchev–Trinajstić information content (AvgIpc) is 2.80. The molecule has 0 amide bonds. The van der Waals surface area contributed by atoms with E-state index < -0.39 is 0 Å². The minimum Gasteiger partial charge on any atom is -0.339 e. The molecule has 110 valence electrons. The SMILES string of the molecule is Cc1c(C=O)c2ccccc2n1Cc1ccccc1[N+](=O)[O-]. The van der Waals surface area contributed by atoms with Gasteiger partial charge in [-0.3, -0.25) is 14.9 Å². The van der Waals surface area contributed by atoms with Crippen molar-refractivity contribution in [2.45, 2.75) is 13.5 Å². The van der Waals surface area contributed by atoms with Gasteiger partial charge in [0.2, 0.25) is 0 Å². The van der Waals surface area contributed by atoms with Crippen molar-refractivity contribution in [3.63, 3.8) is 0 Å². The number of aldehydes is 1. The van der Waals surface area contributed by atoms with Crippen molar-refractivity contribution in [2.24, 2.45) is 0 Å². The molecule has 0 spiro atoms. The zero-order chi connectivity index (χ0) is 15.7. The molecule has 0 bridgehead atoms. The van der Waals surface area contributed by atoms with Crippen molar-refractivity contribution in [3.05, 3.63) is 75.5 Å². The Kier molecular flexibility index (Phi) is 3.47. The van der Waals surface area contributed by atoms with Crippen LogP contribution in [0.3, 0.4) is 0 Å². The highest BCUT2D eigenvalue weighted by Crippen LogP contribution is 2.27. The van der Waals surface area contributed by atoms with Crippen molar-refractivity contribution in [3.8, 4) is 0 Å². The molecule has 0 radical (unpaired) electrons. The van der Waals surface area contributed by atoms with E-state index in [0.29, 0.717) is 17.7 Å². The largest absolute Gasteiger partial charge is 0.339 e. The second-order valence-electron chi connectivity index (χ2n) is 5.11. The van der Waals surface area contributed by atoms with Crippen molar-refractivity contribution < 1.29 is 9.72 Å². The molecule has 0 aliphatic rings. The lowest BCUT2D eigenvalue weighted by atomic mass is 10.1. The van der Waals surface area contributed by atoms with Gasteiger partial charge in [0.15, 0.2) is 6.29 Å². The minimum absolute atomic E-state index is 0.0901. The molecular weight excluding hydrogens is 280 g/mol. The Morgan fingerprint density at radius 1 is 1.14 bits per heavy atom. The van der Waals surface area contributed by atoms with Gasteiger partial charge < -0.3 is 4.57 Å². The lowest BCUT2D eigenvalue weighted by molar-refractivity contribution is -0.385. The van der Waals surface area contributed by atoms with Gasteiger partial charge in [-0.2, -0.15) is 0 Å². The van der Waals surface area contributed by atoms with Crippen LogP contribution < -0.4 is 0 Å². The first kappa shape index (κ1) is 14.0. The number of rotatable bonds is 4. The van der Waals surface area contributed by atoms with Crippen LogP contribution >= 0.6 is 0 Å². The lowest BCUT2D eigenvalue weighted by Gasteiger charge is -2.09. The van der Waals surface area contributed by atoms with E-state index in [0.717, 1.165) is 22.9 Å². The molecular formula is C17H14N2O3. The number of fused-ring (bicyclic) bond motifs is 1. The fraction of sp³-hybridized carbons (Fsp3) is 0.118. The second-order valence-corrected chi connectivity index (χ2v) is 5.11. The van der Waals surface area contributed by atoms with E-state index >= 15 is 0 Å². The molecule has 0 atom stereocenters. The fourth-order valence-corrected chi connectivity index (χ4v) is 2.80. The summed E-state index contributed by atoms with van der Waals surface area (Å²) in [6.45, 7) is 2.22. The van der Waals surface area contributed by atoms with E-state index in [9.17, 15) is 14.9 Å². The van der Waals surface area contributed by atoms with Gasteiger partial charge in [0, 0.05) is 33.8 Å². The highest BCUT2D eigenvalue weighted by Gasteiger charge is 2.17. The number of benzene rings is 2. The number of nitro groups is 1. The van der Waals surface area contributed by atoms with Gasteiger partial charge in [-0.15, -0.1) is 0 Å². The van der Waals surface area contributed by atoms with Crippen LogP contribution in [-0.2, 0) is 6.54 Å². The number of nitro benzene ring substituents is 1. The van der Waals surface area contributed by atoms with Crippen LogP contribution in [-0.4, -0.2) is 15.8 Å². The molecule has 0 N–H and O–H groups in total. The minimum atomic E-state index is -0.378. The molecule has 1 aromatic heterocycles. The van der Waals surface area contributed by atoms with Gasteiger partial charge in [-0.05, 0) is 13.0 Å². The van der Waals surface area contributed by atoms with Gasteiger partial charge in [0.25, 0.3) is 5.69 Å². The second kappa shape index (κ2) is 5.44. The van der Waals surface area contributed by atoms with Crippen molar-refractivity contribution >= 4 is 22.9 Å². The van der Waals surface area contributed by atoms with E-state index in [1.54, 1.807) is 18.2 Å². The summed E-state index contributed by atoms with van der Waals surface area (Å²) < 4.78 is 1.95. The molecule has 1 heterocycles. The zero-order valence-electron chi connectivity index (χ0n) is 12.0. The van der Waals surface area contributed by atoms with Crippen molar-refractivity contribution in [1.29, 1.82) is 0 Å². The summed E-state index contributed by atoms with van der Waals surface area (Å²) in [6.07, 6.45) is 0.841. The van der Waals surface area contributed by atoms with Gasteiger partial charge in [0.05, 0.1) is 11.5 Å². The molecule has 3 aromatic rings. The first-order valence-corrected chi connectivity index (χ1v) is 6.88. The normalized spacial score (nSPS) is 10.8. The van der Waals surface area contributed by atoms with Crippen molar-refractivity contribution in [2.75, 3.05) is 0 Å². The number of para-hydroxylation sites is 2. The zero-order valence-corrected chi connectivity index (χ0v) is 12.0. The number of hydrogen-bond acceptors (Lipinski definition) is 3. The highest BCUT2D eigenvalue weighted by molar-refractivity contribution is 5.99. The monoisotopic (exact) mass is 294 g/mol. The van der Waals surface area contributed by atoms with Gasteiger partial charge in [0.1, 0.15) is 0 Å². The van der Waals surface area contributed by atoms with Crippen LogP contribution in [0.5, 0.6) is 0 Å². The summed E-state index contributed by atoms with van der Waals surface area (Å²) in [5.74, 6) is 0. The molecule has 2 aromatic carbocycles. The predicted molar refractivity (Wildman–Crippen MR) is 84.3 cm³/mol. The van der Waals surface area contributed by atoms with E-state index in [4.69, 9.17) is 0 Å². The van der Waals surface area contributed by atoms with Gasteiger partial charge >= 0.3 is 0 Å². The third kappa shape index (κ3) is 2.16. The fourth-order valence-electron chi connectivity index (χ4n) is 2.80. The Morgan fingerprint density at radius 3 is 2.55 bits per heavy atom. The Labute approximate surface area is 126 Å². The lowest BCUT2D eigenvalue weighted by Crippen LogP contribution is -2.05.